The van der Waals surface area contributed by atoms with Crippen LogP contribution in [0.5, 0.6) is 5.75 Å². The molecule has 180 valence electrons. The van der Waals surface area contributed by atoms with Crippen molar-refractivity contribution in [1.82, 2.24) is 19.8 Å². The van der Waals surface area contributed by atoms with E-state index in [1.807, 2.05) is 41.1 Å². The molecule has 1 saturated heterocycles. The molecule has 0 radical (unpaired) electrons. The second kappa shape index (κ2) is 12.1. The summed E-state index contributed by atoms with van der Waals surface area (Å²) in [5.74, 6) is 1.10. The van der Waals surface area contributed by atoms with E-state index in [9.17, 15) is 4.79 Å². The Kier molecular flexibility index (Phi) is 8.62. The molecule has 8 heteroatoms. The van der Waals surface area contributed by atoms with Gasteiger partial charge >= 0.3 is 0 Å². The minimum atomic E-state index is -0.0286. The average Bonchev–Trinajstić information content (AvgIpc) is 3.32. The number of imidazole rings is 1. The van der Waals surface area contributed by atoms with Crippen LogP contribution in [0.2, 0.25) is 0 Å². The first kappa shape index (κ1) is 24.3. The maximum atomic E-state index is 12.5. The van der Waals surface area contributed by atoms with Gasteiger partial charge in [0, 0.05) is 38.6 Å². The van der Waals surface area contributed by atoms with Gasteiger partial charge in [-0.1, -0.05) is 36.0 Å². The molecule has 0 atom stereocenters. The van der Waals surface area contributed by atoms with Crippen LogP contribution in [0.4, 0.5) is 0 Å². The number of carbonyl (C=O) groups excluding carboxylic acids is 1. The van der Waals surface area contributed by atoms with E-state index in [-0.39, 0.29) is 5.91 Å². The number of amides is 1. The topological polar surface area (TPSA) is 68.6 Å². The van der Waals surface area contributed by atoms with E-state index >= 15 is 0 Å². The van der Waals surface area contributed by atoms with Crippen molar-refractivity contribution < 1.29 is 14.3 Å². The molecule has 34 heavy (non-hydrogen) atoms. The maximum Gasteiger partial charge on any atom is 0.230 e. The summed E-state index contributed by atoms with van der Waals surface area (Å²) < 4.78 is 13.3. The van der Waals surface area contributed by atoms with Crippen LogP contribution in [0.15, 0.2) is 60.0 Å². The first-order valence-corrected chi connectivity index (χ1v) is 12.6. The minimum Gasteiger partial charge on any atom is -0.492 e. The average molecular weight is 481 g/mol. The summed E-state index contributed by atoms with van der Waals surface area (Å²) >= 11 is 1.44. The first-order valence-electron chi connectivity index (χ1n) is 11.6. The number of hydrogen-bond acceptors (Lipinski definition) is 6. The molecule has 1 aliphatic rings. The van der Waals surface area contributed by atoms with Crippen molar-refractivity contribution >= 4 is 17.7 Å². The molecule has 0 bridgehead atoms. The summed E-state index contributed by atoms with van der Waals surface area (Å²) in [6, 6.07) is 14.1. The molecule has 7 nitrogen and oxygen atoms in total. The summed E-state index contributed by atoms with van der Waals surface area (Å²) in [6.07, 6.45) is 3.71. The lowest BCUT2D eigenvalue weighted by Gasteiger charge is -2.26. The van der Waals surface area contributed by atoms with Crippen LogP contribution in [0.3, 0.4) is 0 Å². The Labute approximate surface area is 205 Å². The Balaban J connectivity index is 1.24. The zero-order valence-electron chi connectivity index (χ0n) is 19.8. The van der Waals surface area contributed by atoms with Crippen molar-refractivity contribution in [1.29, 1.82) is 0 Å². The van der Waals surface area contributed by atoms with E-state index in [4.69, 9.17) is 9.47 Å². The maximum absolute atomic E-state index is 12.5. The van der Waals surface area contributed by atoms with Crippen LogP contribution in [-0.4, -0.2) is 65.6 Å². The number of nitrogens with one attached hydrogen (secondary N) is 1. The Hall–Kier alpha value is -2.81. The molecule has 1 aromatic heterocycles. The summed E-state index contributed by atoms with van der Waals surface area (Å²) in [6.45, 7) is 9.69. The van der Waals surface area contributed by atoms with Gasteiger partial charge in [-0.3, -0.25) is 14.3 Å². The molecule has 1 aliphatic heterocycles. The van der Waals surface area contributed by atoms with E-state index in [2.05, 4.69) is 41.2 Å². The van der Waals surface area contributed by atoms with Gasteiger partial charge in [-0.2, -0.15) is 0 Å². The number of aromatic nitrogens is 2. The van der Waals surface area contributed by atoms with Crippen molar-refractivity contribution in [2.75, 3.05) is 45.2 Å². The van der Waals surface area contributed by atoms with Crippen LogP contribution in [0.25, 0.3) is 5.69 Å². The lowest BCUT2D eigenvalue weighted by Crippen LogP contribution is -2.38. The fourth-order valence-corrected chi connectivity index (χ4v) is 4.62. The molecular weight excluding hydrogens is 448 g/mol. The number of morpholine rings is 1. The van der Waals surface area contributed by atoms with Crippen molar-refractivity contribution in [3.8, 4) is 11.4 Å². The summed E-state index contributed by atoms with van der Waals surface area (Å²) in [5, 5.41) is 3.81. The normalized spacial score (nSPS) is 14.2. The van der Waals surface area contributed by atoms with Crippen molar-refractivity contribution in [2.45, 2.75) is 25.5 Å². The van der Waals surface area contributed by atoms with Crippen LogP contribution in [0, 0.1) is 13.8 Å². The van der Waals surface area contributed by atoms with Gasteiger partial charge in [0.2, 0.25) is 5.91 Å². The molecule has 3 aromatic rings. The Morgan fingerprint density at radius 3 is 2.85 bits per heavy atom. The van der Waals surface area contributed by atoms with Gasteiger partial charge in [0.25, 0.3) is 0 Å². The molecule has 4 rings (SSSR count). The Morgan fingerprint density at radius 1 is 1.18 bits per heavy atom. The van der Waals surface area contributed by atoms with E-state index in [1.54, 1.807) is 6.20 Å². The predicted octanol–water partition coefficient (Wildman–Crippen LogP) is 3.61. The highest BCUT2D eigenvalue weighted by Crippen LogP contribution is 2.24. The lowest BCUT2D eigenvalue weighted by molar-refractivity contribution is -0.118. The largest absolute Gasteiger partial charge is 0.492 e. The third-order valence-electron chi connectivity index (χ3n) is 5.94. The SMILES string of the molecule is Cc1cccc(-n2ccnc2SCC(=O)NCc2cccc(OCCN3CCOCC3)c2)c1C. The quantitative estimate of drug-likeness (QED) is 0.447. The van der Waals surface area contributed by atoms with Crippen LogP contribution in [0.1, 0.15) is 16.7 Å². The van der Waals surface area contributed by atoms with E-state index in [1.165, 1.54) is 22.9 Å². The number of benzene rings is 2. The molecule has 1 amide bonds. The van der Waals surface area contributed by atoms with E-state index in [0.29, 0.717) is 18.9 Å². The van der Waals surface area contributed by atoms with Gasteiger partial charge < -0.3 is 14.8 Å². The molecular formula is C26H32N4O3S. The Bertz CT molecular complexity index is 1100. The Morgan fingerprint density at radius 2 is 2.00 bits per heavy atom. The van der Waals surface area contributed by atoms with Crippen molar-refractivity contribution in [2.24, 2.45) is 0 Å². The molecule has 1 fully saturated rings. The molecule has 0 aliphatic carbocycles. The second-order valence-electron chi connectivity index (χ2n) is 8.31. The van der Waals surface area contributed by atoms with Crippen molar-refractivity contribution in [3.05, 3.63) is 71.5 Å². The zero-order valence-corrected chi connectivity index (χ0v) is 20.6. The molecule has 0 unspecified atom stereocenters. The molecule has 1 N–H and O–H groups in total. The third kappa shape index (κ3) is 6.62. The zero-order chi connectivity index (χ0) is 23.8. The standard InChI is InChI=1S/C26H32N4O3S/c1-20-5-3-8-24(21(20)2)30-10-9-27-26(30)34-19-25(31)28-18-22-6-4-7-23(17-22)33-16-13-29-11-14-32-15-12-29/h3-10,17H,11-16,18-19H2,1-2H3,(H,28,31). The smallest absolute Gasteiger partial charge is 0.230 e. The highest BCUT2D eigenvalue weighted by Gasteiger charge is 2.12. The monoisotopic (exact) mass is 480 g/mol. The summed E-state index contributed by atoms with van der Waals surface area (Å²) in [4.78, 5) is 19.3. The number of thioether (sulfide) groups is 1. The highest BCUT2D eigenvalue weighted by molar-refractivity contribution is 7.99. The van der Waals surface area contributed by atoms with Gasteiger partial charge in [0.15, 0.2) is 5.16 Å². The van der Waals surface area contributed by atoms with Crippen LogP contribution in [-0.2, 0) is 16.1 Å². The van der Waals surface area contributed by atoms with Crippen LogP contribution < -0.4 is 10.1 Å². The lowest BCUT2D eigenvalue weighted by atomic mass is 10.1. The van der Waals surface area contributed by atoms with E-state index < -0.39 is 0 Å². The number of nitrogens with zero attached hydrogens (tertiary/aromatic N) is 3. The summed E-state index contributed by atoms with van der Waals surface area (Å²) in [7, 11) is 0. The number of aryl methyl sites for hydroxylation is 1. The highest BCUT2D eigenvalue weighted by atomic mass is 32.2. The first-order chi connectivity index (χ1) is 16.6. The second-order valence-corrected chi connectivity index (χ2v) is 9.26. The number of carbonyl (C=O) groups is 1. The van der Waals surface area contributed by atoms with Gasteiger partial charge in [-0.05, 0) is 48.7 Å². The summed E-state index contributed by atoms with van der Waals surface area (Å²) in [5.41, 5.74) is 4.54. The van der Waals surface area contributed by atoms with E-state index in [0.717, 1.165) is 55.0 Å². The molecule has 0 saturated carbocycles. The van der Waals surface area contributed by atoms with Crippen molar-refractivity contribution in [3.63, 3.8) is 0 Å². The van der Waals surface area contributed by atoms with Crippen LogP contribution >= 0.6 is 11.8 Å². The fraction of sp³-hybridized carbons (Fsp3) is 0.385. The van der Waals surface area contributed by atoms with Gasteiger partial charge in [0.1, 0.15) is 12.4 Å². The number of rotatable bonds is 10. The number of hydrogen-bond donors (Lipinski definition) is 1. The predicted molar refractivity (Wildman–Crippen MR) is 135 cm³/mol. The molecule has 2 aromatic carbocycles. The fourth-order valence-electron chi connectivity index (χ4n) is 3.82. The minimum absolute atomic E-state index is 0.0286. The van der Waals surface area contributed by atoms with Gasteiger partial charge in [0.05, 0.1) is 24.7 Å². The number of ether oxygens (including phenoxy) is 2. The molecule has 0 spiro atoms. The van der Waals surface area contributed by atoms with Gasteiger partial charge in [-0.25, -0.2) is 4.98 Å². The third-order valence-corrected chi connectivity index (χ3v) is 6.91. The molecule has 2 heterocycles. The van der Waals surface area contributed by atoms with Gasteiger partial charge in [-0.15, -0.1) is 0 Å².